The Hall–Kier alpha value is -2.94. The summed E-state index contributed by atoms with van der Waals surface area (Å²) >= 11 is 9.73. The highest BCUT2D eigenvalue weighted by molar-refractivity contribution is 9.10. The molecule has 2 heterocycles. The molecule has 1 aliphatic heterocycles. The number of hydrazone groups is 1. The second kappa shape index (κ2) is 8.69. The Kier molecular flexibility index (Phi) is 5.83. The largest absolute Gasteiger partial charge is 0.321 e. The summed E-state index contributed by atoms with van der Waals surface area (Å²) in [5, 5.41) is 5.77. The number of H-pyrrole nitrogens is 1. The SMILES string of the molecule is CS(=O)(=O)N1N=C(c2c(-c3ccccc3)c3cc(Cl)ccc3[nH]c2=O)C[C@H]1c1ccc(Br)cc1. The van der Waals surface area contributed by atoms with Gasteiger partial charge >= 0.3 is 0 Å². The van der Waals surface area contributed by atoms with E-state index in [2.05, 4.69) is 26.0 Å². The van der Waals surface area contributed by atoms with Crippen molar-refractivity contribution < 1.29 is 8.42 Å². The van der Waals surface area contributed by atoms with Crippen molar-refractivity contribution in [2.75, 3.05) is 6.26 Å². The van der Waals surface area contributed by atoms with Gasteiger partial charge in [-0.1, -0.05) is 70.0 Å². The van der Waals surface area contributed by atoms with Crippen LogP contribution in [0.2, 0.25) is 5.02 Å². The van der Waals surface area contributed by atoms with Crippen LogP contribution in [0.4, 0.5) is 0 Å². The van der Waals surface area contributed by atoms with Crippen molar-refractivity contribution in [3.8, 4) is 11.1 Å². The molecule has 6 nitrogen and oxygen atoms in total. The van der Waals surface area contributed by atoms with E-state index < -0.39 is 16.1 Å². The Morgan fingerprint density at radius 1 is 1.03 bits per heavy atom. The minimum Gasteiger partial charge on any atom is -0.321 e. The number of fused-ring (bicyclic) bond motifs is 1. The van der Waals surface area contributed by atoms with E-state index in [9.17, 15) is 13.2 Å². The maximum Gasteiger partial charge on any atom is 0.258 e. The molecule has 0 amide bonds. The van der Waals surface area contributed by atoms with Gasteiger partial charge < -0.3 is 4.98 Å². The molecular formula is C25H19BrClN3O3S. The number of aromatic nitrogens is 1. The lowest BCUT2D eigenvalue weighted by atomic mass is 9.91. The molecule has 34 heavy (non-hydrogen) atoms. The average Bonchev–Trinajstić information content (AvgIpc) is 3.25. The first-order valence-electron chi connectivity index (χ1n) is 10.5. The molecule has 1 N–H and O–H groups in total. The van der Waals surface area contributed by atoms with Gasteiger partial charge in [0.05, 0.1) is 23.6 Å². The first-order chi connectivity index (χ1) is 16.2. The van der Waals surface area contributed by atoms with E-state index in [4.69, 9.17) is 11.6 Å². The molecule has 172 valence electrons. The van der Waals surface area contributed by atoms with Gasteiger partial charge in [0.15, 0.2) is 0 Å². The summed E-state index contributed by atoms with van der Waals surface area (Å²) in [5.41, 5.74) is 3.32. The van der Waals surface area contributed by atoms with Crippen molar-refractivity contribution in [2.45, 2.75) is 12.5 Å². The summed E-state index contributed by atoms with van der Waals surface area (Å²) in [6.07, 6.45) is 1.37. The van der Waals surface area contributed by atoms with Crippen LogP contribution in [-0.4, -0.2) is 29.8 Å². The molecule has 3 aromatic carbocycles. The molecule has 0 bridgehead atoms. The van der Waals surface area contributed by atoms with Gasteiger partial charge in [-0.15, -0.1) is 0 Å². The van der Waals surface area contributed by atoms with Gasteiger partial charge in [0.1, 0.15) is 0 Å². The molecule has 5 rings (SSSR count). The molecule has 9 heteroatoms. The minimum atomic E-state index is -3.69. The number of aromatic amines is 1. The van der Waals surface area contributed by atoms with Crippen LogP contribution in [0.25, 0.3) is 22.0 Å². The molecule has 0 fully saturated rings. The Morgan fingerprint density at radius 3 is 2.41 bits per heavy atom. The summed E-state index contributed by atoms with van der Waals surface area (Å²) in [6, 6.07) is 21.6. The van der Waals surface area contributed by atoms with Gasteiger partial charge in [0, 0.05) is 32.4 Å². The maximum absolute atomic E-state index is 13.4. The van der Waals surface area contributed by atoms with E-state index in [1.165, 1.54) is 0 Å². The van der Waals surface area contributed by atoms with Crippen molar-refractivity contribution in [1.82, 2.24) is 9.40 Å². The highest BCUT2D eigenvalue weighted by Crippen LogP contribution is 2.38. The molecule has 0 spiro atoms. The van der Waals surface area contributed by atoms with Gasteiger partial charge in [-0.05, 0) is 41.5 Å². The highest BCUT2D eigenvalue weighted by atomic mass is 79.9. The third-order valence-electron chi connectivity index (χ3n) is 5.79. The van der Waals surface area contributed by atoms with E-state index in [1.54, 1.807) is 18.2 Å². The summed E-state index contributed by atoms with van der Waals surface area (Å²) in [5.74, 6) is 0. The fourth-order valence-corrected chi connectivity index (χ4v) is 5.67. The first kappa shape index (κ1) is 22.8. The predicted octanol–water partition coefficient (Wildman–Crippen LogP) is 5.72. The van der Waals surface area contributed by atoms with E-state index in [1.807, 2.05) is 54.6 Å². The van der Waals surface area contributed by atoms with Crippen molar-refractivity contribution in [3.05, 3.63) is 104 Å². The third kappa shape index (κ3) is 4.17. The number of rotatable bonds is 4. The fraction of sp³-hybridized carbons (Fsp3) is 0.120. The number of pyridine rings is 1. The fourth-order valence-electron chi connectivity index (χ4n) is 4.32. The van der Waals surface area contributed by atoms with Crippen molar-refractivity contribution in [1.29, 1.82) is 0 Å². The first-order valence-corrected chi connectivity index (χ1v) is 13.5. The molecule has 1 aromatic heterocycles. The third-order valence-corrected chi connectivity index (χ3v) is 7.57. The van der Waals surface area contributed by atoms with Gasteiger partial charge in [-0.3, -0.25) is 4.79 Å². The van der Waals surface area contributed by atoms with Gasteiger partial charge in [0.25, 0.3) is 5.56 Å². The van der Waals surface area contributed by atoms with Crippen molar-refractivity contribution in [3.63, 3.8) is 0 Å². The van der Waals surface area contributed by atoms with Crippen LogP contribution < -0.4 is 5.56 Å². The van der Waals surface area contributed by atoms with Crippen LogP contribution in [0.1, 0.15) is 23.6 Å². The molecule has 1 aliphatic rings. The highest BCUT2D eigenvalue weighted by Gasteiger charge is 2.36. The summed E-state index contributed by atoms with van der Waals surface area (Å²) in [6.45, 7) is 0. The molecule has 0 radical (unpaired) electrons. The van der Waals surface area contributed by atoms with Crippen LogP contribution in [0, 0.1) is 0 Å². The Balaban J connectivity index is 1.76. The zero-order valence-corrected chi connectivity index (χ0v) is 21.2. The maximum atomic E-state index is 13.4. The van der Waals surface area contributed by atoms with Crippen molar-refractivity contribution in [2.24, 2.45) is 5.10 Å². The smallest absolute Gasteiger partial charge is 0.258 e. The second-order valence-corrected chi connectivity index (χ2v) is 11.3. The Bertz CT molecular complexity index is 1600. The lowest BCUT2D eigenvalue weighted by Gasteiger charge is -2.21. The van der Waals surface area contributed by atoms with Gasteiger partial charge in [-0.25, -0.2) is 8.42 Å². The molecule has 0 saturated carbocycles. The van der Waals surface area contributed by atoms with E-state index in [-0.39, 0.29) is 12.0 Å². The van der Waals surface area contributed by atoms with Crippen LogP contribution >= 0.6 is 27.5 Å². The number of hydrogen-bond acceptors (Lipinski definition) is 4. The molecule has 1 atom stereocenters. The number of benzene rings is 3. The topological polar surface area (TPSA) is 82.6 Å². The number of nitrogens with zero attached hydrogens (tertiary/aromatic N) is 2. The van der Waals surface area contributed by atoms with Crippen molar-refractivity contribution >= 4 is 54.2 Å². The number of sulfonamides is 1. The van der Waals surface area contributed by atoms with Crippen LogP contribution in [-0.2, 0) is 10.0 Å². The zero-order chi connectivity index (χ0) is 24.0. The molecule has 4 aromatic rings. The van der Waals surface area contributed by atoms with Crippen LogP contribution in [0.3, 0.4) is 0 Å². The lowest BCUT2D eigenvalue weighted by Crippen LogP contribution is -2.25. The van der Waals surface area contributed by atoms with Crippen LogP contribution in [0.5, 0.6) is 0 Å². The molecule has 0 unspecified atom stereocenters. The summed E-state index contributed by atoms with van der Waals surface area (Å²) < 4.78 is 27.3. The number of nitrogens with one attached hydrogen (secondary N) is 1. The molecular weight excluding hydrogens is 538 g/mol. The standard InChI is InChI=1S/C25H19BrClN3O3S/c1-34(32,33)30-22(15-7-9-17(26)10-8-15)14-21(29-30)24-23(16-5-3-2-4-6-16)19-13-18(27)11-12-20(19)28-25(24)31/h2-13,22H,14H2,1H3,(H,28,31)/t22-/m0/s1. The Morgan fingerprint density at radius 2 is 1.74 bits per heavy atom. The number of halogens is 2. The second-order valence-electron chi connectivity index (χ2n) is 8.11. The van der Waals surface area contributed by atoms with Gasteiger partial charge in [0.2, 0.25) is 10.0 Å². The quantitative estimate of drug-likeness (QED) is 0.349. The predicted molar refractivity (Wildman–Crippen MR) is 140 cm³/mol. The van der Waals surface area contributed by atoms with E-state index in [0.29, 0.717) is 27.4 Å². The molecule has 0 aliphatic carbocycles. The Labute approximate surface area is 210 Å². The lowest BCUT2D eigenvalue weighted by molar-refractivity contribution is 0.375. The number of hydrogen-bond donors (Lipinski definition) is 1. The zero-order valence-electron chi connectivity index (χ0n) is 18.0. The normalized spacial score (nSPS) is 16.1. The average molecular weight is 557 g/mol. The summed E-state index contributed by atoms with van der Waals surface area (Å²) in [4.78, 5) is 16.3. The molecule has 0 saturated heterocycles. The van der Waals surface area contributed by atoms with Gasteiger partial charge in [-0.2, -0.15) is 9.52 Å². The summed E-state index contributed by atoms with van der Waals surface area (Å²) in [7, 11) is -3.69. The van der Waals surface area contributed by atoms with E-state index in [0.717, 1.165) is 31.7 Å². The van der Waals surface area contributed by atoms with E-state index >= 15 is 0 Å². The van der Waals surface area contributed by atoms with Crippen LogP contribution in [0.15, 0.2) is 87.2 Å². The monoisotopic (exact) mass is 555 g/mol. The minimum absolute atomic E-state index is 0.254.